The topological polar surface area (TPSA) is 18.5 Å². The number of hydrogen-bond acceptors (Lipinski definition) is 3. The molecule has 2 rings (SSSR count). The Labute approximate surface area is 134 Å². The van der Waals surface area contributed by atoms with Gasteiger partial charge in [0.1, 0.15) is 0 Å². The first kappa shape index (κ1) is 16.0. The van der Waals surface area contributed by atoms with Gasteiger partial charge in [-0.05, 0) is 36.5 Å². The van der Waals surface area contributed by atoms with Gasteiger partial charge < -0.3 is 9.47 Å². The average molecular weight is 359 g/mol. The van der Waals surface area contributed by atoms with Gasteiger partial charge >= 0.3 is 0 Å². The molecule has 1 aromatic rings. The first-order chi connectivity index (χ1) is 9.73. The van der Waals surface area contributed by atoms with Crippen LogP contribution in [0.25, 0.3) is 0 Å². The van der Waals surface area contributed by atoms with E-state index < -0.39 is 0 Å². The number of fused-ring (bicyclic) bond motifs is 1. The third-order valence-electron chi connectivity index (χ3n) is 4.05. The van der Waals surface area contributed by atoms with Gasteiger partial charge in [-0.15, -0.1) is 11.8 Å². The van der Waals surface area contributed by atoms with Gasteiger partial charge in [0, 0.05) is 22.4 Å². The summed E-state index contributed by atoms with van der Waals surface area (Å²) in [4.78, 5) is 1.27. The molecule has 2 nitrogen and oxygen atoms in total. The van der Waals surface area contributed by atoms with Crippen LogP contribution in [0.4, 0.5) is 0 Å². The Morgan fingerprint density at radius 3 is 2.50 bits per heavy atom. The molecule has 0 spiro atoms. The average Bonchev–Trinajstić information content (AvgIpc) is 2.74. The summed E-state index contributed by atoms with van der Waals surface area (Å²) in [6.07, 6.45) is 3.36. The Morgan fingerprint density at radius 2 is 1.85 bits per heavy atom. The SMILES string of the molecule is CCC(CC)(CBr)CSc1ccc2c(c1)OCCCO2. The molecule has 0 aromatic heterocycles. The van der Waals surface area contributed by atoms with E-state index in [1.165, 1.54) is 17.7 Å². The minimum absolute atomic E-state index is 0.384. The van der Waals surface area contributed by atoms with E-state index in [4.69, 9.17) is 9.47 Å². The molecule has 0 N–H and O–H groups in total. The molecule has 4 heteroatoms. The first-order valence-corrected chi connectivity index (χ1v) is 9.42. The summed E-state index contributed by atoms with van der Waals surface area (Å²) in [5.41, 5.74) is 0.384. The van der Waals surface area contributed by atoms with Gasteiger partial charge in [-0.2, -0.15) is 0 Å². The van der Waals surface area contributed by atoms with Crippen molar-refractivity contribution in [2.24, 2.45) is 5.41 Å². The van der Waals surface area contributed by atoms with Crippen LogP contribution < -0.4 is 9.47 Å². The second-order valence-electron chi connectivity index (χ2n) is 5.29. The molecule has 0 saturated heterocycles. The van der Waals surface area contributed by atoms with Crippen molar-refractivity contribution in [3.05, 3.63) is 18.2 Å². The minimum Gasteiger partial charge on any atom is -0.490 e. The highest BCUT2D eigenvalue weighted by Gasteiger charge is 2.25. The summed E-state index contributed by atoms with van der Waals surface area (Å²) >= 11 is 5.59. The number of thioether (sulfide) groups is 1. The van der Waals surface area contributed by atoms with Crippen LogP contribution in [0.15, 0.2) is 23.1 Å². The second-order valence-corrected chi connectivity index (χ2v) is 6.90. The molecule has 0 saturated carbocycles. The van der Waals surface area contributed by atoms with Gasteiger partial charge in [-0.3, -0.25) is 0 Å². The number of alkyl halides is 1. The van der Waals surface area contributed by atoms with Gasteiger partial charge in [0.2, 0.25) is 0 Å². The Balaban J connectivity index is 2.05. The Kier molecular flexibility index (Phi) is 6.09. The summed E-state index contributed by atoms with van der Waals surface area (Å²) in [7, 11) is 0. The highest BCUT2D eigenvalue weighted by molar-refractivity contribution is 9.09. The Morgan fingerprint density at radius 1 is 1.15 bits per heavy atom. The van der Waals surface area contributed by atoms with Crippen molar-refractivity contribution >= 4 is 27.7 Å². The van der Waals surface area contributed by atoms with Crippen molar-refractivity contribution in [1.29, 1.82) is 0 Å². The van der Waals surface area contributed by atoms with Crippen LogP contribution in [0, 0.1) is 5.41 Å². The van der Waals surface area contributed by atoms with Crippen molar-refractivity contribution in [2.75, 3.05) is 24.3 Å². The molecule has 0 amide bonds. The Hall–Kier alpha value is -0.350. The van der Waals surface area contributed by atoms with E-state index >= 15 is 0 Å². The van der Waals surface area contributed by atoms with Crippen LogP contribution in [0.1, 0.15) is 33.1 Å². The molecular weight excluding hydrogens is 336 g/mol. The van der Waals surface area contributed by atoms with E-state index in [9.17, 15) is 0 Å². The number of benzene rings is 1. The molecule has 1 aliphatic heterocycles. The van der Waals surface area contributed by atoms with E-state index in [0.29, 0.717) is 5.41 Å². The summed E-state index contributed by atoms with van der Waals surface area (Å²) in [5.74, 6) is 2.90. The maximum atomic E-state index is 5.75. The lowest BCUT2D eigenvalue weighted by atomic mass is 9.87. The van der Waals surface area contributed by atoms with E-state index in [1.54, 1.807) is 0 Å². The third-order valence-corrected chi connectivity index (χ3v) is 6.58. The molecule has 1 aromatic carbocycles. The summed E-state index contributed by atoms with van der Waals surface area (Å²) in [6, 6.07) is 6.30. The van der Waals surface area contributed by atoms with Crippen LogP contribution in [-0.4, -0.2) is 24.3 Å². The summed E-state index contributed by atoms with van der Waals surface area (Å²) < 4.78 is 11.4. The highest BCUT2D eigenvalue weighted by atomic mass is 79.9. The molecule has 20 heavy (non-hydrogen) atoms. The van der Waals surface area contributed by atoms with E-state index in [2.05, 4.69) is 41.9 Å². The molecule has 0 bridgehead atoms. The zero-order valence-electron chi connectivity index (χ0n) is 12.3. The lowest BCUT2D eigenvalue weighted by Crippen LogP contribution is -2.23. The number of rotatable bonds is 6. The Bertz CT molecular complexity index is 424. The highest BCUT2D eigenvalue weighted by Crippen LogP contribution is 2.38. The lowest BCUT2D eigenvalue weighted by Gasteiger charge is -2.29. The smallest absolute Gasteiger partial charge is 0.162 e. The predicted octanol–water partition coefficient (Wildman–Crippen LogP) is 5.14. The van der Waals surface area contributed by atoms with Crippen LogP contribution in [0.3, 0.4) is 0 Å². The van der Waals surface area contributed by atoms with Crippen molar-refractivity contribution < 1.29 is 9.47 Å². The molecule has 1 heterocycles. The molecule has 0 aliphatic carbocycles. The largest absolute Gasteiger partial charge is 0.490 e. The molecule has 112 valence electrons. The fourth-order valence-corrected chi connectivity index (χ4v) is 4.74. The molecule has 0 atom stereocenters. The lowest BCUT2D eigenvalue weighted by molar-refractivity contribution is 0.297. The van der Waals surface area contributed by atoms with Crippen LogP contribution in [-0.2, 0) is 0 Å². The zero-order chi connectivity index (χ0) is 14.4. The third kappa shape index (κ3) is 3.85. The van der Waals surface area contributed by atoms with Crippen molar-refractivity contribution in [1.82, 2.24) is 0 Å². The van der Waals surface area contributed by atoms with Gasteiger partial charge in [0.25, 0.3) is 0 Å². The number of hydrogen-bond donors (Lipinski definition) is 0. The normalized spacial score (nSPS) is 14.9. The van der Waals surface area contributed by atoms with Crippen molar-refractivity contribution in [3.8, 4) is 11.5 Å². The summed E-state index contributed by atoms with van der Waals surface area (Å²) in [5, 5.41) is 1.06. The number of halogens is 1. The minimum atomic E-state index is 0.384. The molecule has 1 aliphatic rings. The van der Waals surface area contributed by atoms with Gasteiger partial charge in [0.05, 0.1) is 13.2 Å². The second kappa shape index (κ2) is 7.60. The monoisotopic (exact) mass is 358 g/mol. The van der Waals surface area contributed by atoms with Gasteiger partial charge in [-0.1, -0.05) is 29.8 Å². The molecule has 0 radical (unpaired) electrons. The number of ether oxygens (including phenoxy) is 2. The predicted molar refractivity (Wildman–Crippen MR) is 89.6 cm³/mol. The quantitative estimate of drug-likeness (QED) is 0.517. The van der Waals surface area contributed by atoms with Crippen molar-refractivity contribution in [2.45, 2.75) is 38.0 Å². The van der Waals surface area contributed by atoms with E-state index in [0.717, 1.165) is 42.2 Å². The molecule has 0 unspecified atom stereocenters. The standard InChI is InChI=1S/C16H23BrO2S/c1-3-16(4-2,11-17)12-20-13-6-7-14-15(10-13)19-9-5-8-18-14/h6-7,10H,3-5,8-9,11-12H2,1-2H3. The fourth-order valence-electron chi connectivity index (χ4n) is 2.15. The fraction of sp³-hybridized carbons (Fsp3) is 0.625. The maximum Gasteiger partial charge on any atom is 0.162 e. The molecular formula is C16H23BrO2S. The van der Waals surface area contributed by atoms with E-state index in [-0.39, 0.29) is 0 Å². The van der Waals surface area contributed by atoms with Crippen molar-refractivity contribution in [3.63, 3.8) is 0 Å². The van der Waals surface area contributed by atoms with Crippen LogP contribution >= 0.6 is 27.7 Å². The van der Waals surface area contributed by atoms with E-state index in [1.807, 2.05) is 17.8 Å². The van der Waals surface area contributed by atoms with Crippen LogP contribution in [0.5, 0.6) is 11.5 Å². The van der Waals surface area contributed by atoms with Gasteiger partial charge in [-0.25, -0.2) is 0 Å². The van der Waals surface area contributed by atoms with Gasteiger partial charge in [0.15, 0.2) is 11.5 Å². The zero-order valence-corrected chi connectivity index (χ0v) is 14.7. The molecule has 0 fully saturated rings. The maximum absolute atomic E-state index is 5.75. The first-order valence-electron chi connectivity index (χ1n) is 7.31. The summed E-state index contributed by atoms with van der Waals surface area (Å²) in [6.45, 7) is 6.05. The van der Waals surface area contributed by atoms with Crippen LogP contribution in [0.2, 0.25) is 0 Å².